The summed E-state index contributed by atoms with van der Waals surface area (Å²) in [6.45, 7) is 1.59. The number of carbonyl (C=O) groups excluding carboxylic acids is 2. The molecule has 1 saturated heterocycles. The molecule has 1 aliphatic heterocycles. The molecule has 2 rings (SSSR count). The molecule has 5 nitrogen and oxygen atoms in total. The Morgan fingerprint density at radius 2 is 1.73 bits per heavy atom. The number of rotatable bonds is 4. The summed E-state index contributed by atoms with van der Waals surface area (Å²) in [5.41, 5.74) is 0.467. The molecule has 0 aromatic heterocycles. The summed E-state index contributed by atoms with van der Waals surface area (Å²) in [5.74, 6) is -0.235. The van der Waals surface area contributed by atoms with Crippen LogP contribution in [0.5, 0.6) is 5.75 Å². The van der Waals surface area contributed by atoms with Crippen molar-refractivity contribution < 1.29 is 14.3 Å². The van der Waals surface area contributed by atoms with Crippen LogP contribution in [0.3, 0.4) is 0 Å². The normalized spacial score (nSPS) is 14.8. The van der Waals surface area contributed by atoms with Gasteiger partial charge >= 0.3 is 0 Å². The number of nitrogens with one attached hydrogen (secondary N) is 1. The molecule has 0 unspecified atom stereocenters. The number of hydrogen-bond donors (Lipinski definition) is 1. The first-order valence-corrected chi connectivity index (χ1v) is 7.88. The summed E-state index contributed by atoms with van der Waals surface area (Å²) in [7, 11) is 0. The predicted octanol–water partition coefficient (Wildman–Crippen LogP) is 3.00. The number of anilines is 1. The molecule has 1 aromatic rings. The fourth-order valence-electron chi connectivity index (χ4n) is 2.04. The van der Waals surface area contributed by atoms with Crippen molar-refractivity contribution in [1.29, 1.82) is 0 Å². The minimum absolute atomic E-state index is 0.000142. The third-order valence-corrected chi connectivity index (χ3v) is 3.71. The Balaban J connectivity index is 1.84. The van der Waals surface area contributed by atoms with E-state index in [1.165, 1.54) is 0 Å². The lowest BCUT2D eigenvalue weighted by Crippen LogP contribution is -2.32. The maximum atomic E-state index is 11.8. The number of likely N-dealkylation sites (tertiary alicyclic amines) is 1. The van der Waals surface area contributed by atoms with E-state index >= 15 is 0 Å². The molecule has 1 fully saturated rings. The highest BCUT2D eigenvalue weighted by atomic mass is 35.6. The van der Waals surface area contributed by atoms with Crippen LogP contribution in [0.15, 0.2) is 24.3 Å². The van der Waals surface area contributed by atoms with Gasteiger partial charge in [0.1, 0.15) is 5.75 Å². The van der Waals surface area contributed by atoms with Gasteiger partial charge in [0.2, 0.25) is 0 Å². The number of amides is 2. The zero-order chi connectivity index (χ0) is 16.2. The Morgan fingerprint density at radius 3 is 2.27 bits per heavy atom. The first-order valence-electron chi connectivity index (χ1n) is 6.75. The van der Waals surface area contributed by atoms with Crippen LogP contribution < -0.4 is 10.1 Å². The second-order valence-corrected chi connectivity index (χ2v) is 7.13. The van der Waals surface area contributed by atoms with Gasteiger partial charge in [0.25, 0.3) is 15.6 Å². The zero-order valence-electron chi connectivity index (χ0n) is 11.7. The Kier molecular flexibility index (Phi) is 5.78. The predicted molar refractivity (Wildman–Crippen MR) is 86.7 cm³/mol. The van der Waals surface area contributed by atoms with E-state index in [-0.39, 0.29) is 12.5 Å². The Morgan fingerprint density at radius 1 is 1.14 bits per heavy atom. The molecular formula is C14H15Cl3N2O3. The Bertz CT molecular complexity index is 537. The van der Waals surface area contributed by atoms with Gasteiger partial charge in [-0.1, -0.05) is 34.8 Å². The van der Waals surface area contributed by atoms with Gasteiger partial charge in [0.05, 0.1) is 0 Å². The molecule has 0 aliphatic carbocycles. The van der Waals surface area contributed by atoms with Crippen molar-refractivity contribution in [1.82, 2.24) is 4.90 Å². The topological polar surface area (TPSA) is 58.6 Å². The molecule has 0 saturated carbocycles. The number of nitrogens with zero attached hydrogens (tertiary/aromatic N) is 1. The van der Waals surface area contributed by atoms with Crippen LogP contribution in [0, 0.1) is 0 Å². The lowest BCUT2D eigenvalue weighted by Gasteiger charge is -2.15. The van der Waals surface area contributed by atoms with Crippen molar-refractivity contribution in [3.63, 3.8) is 0 Å². The maximum absolute atomic E-state index is 11.8. The van der Waals surface area contributed by atoms with Gasteiger partial charge in [-0.15, -0.1) is 0 Å². The van der Waals surface area contributed by atoms with Crippen LogP contribution in [0.1, 0.15) is 12.8 Å². The summed E-state index contributed by atoms with van der Waals surface area (Å²) < 4.78 is 3.41. The van der Waals surface area contributed by atoms with Crippen LogP contribution in [-0.2, 0) is 9.59 Å². The van der Waals surface area contributed by atoms with E-state index in [4.69, 9.17) is 39.5 Å². The van der Waals surface area contributed by atoms with Crippen molar-refractivity contribution in [2.24, 2.45) is 0 Å². The van der Waals surface area contributed by atoms with Gasteiger partial charge in [-0.2, -0.15) is 0 Å². The third kappa shape index (κ3) is 4.93. The van der Waals surface area contributed by atoms with E-state index in [0.29, 0.717) is 11.4 Å². The van der Waals surface area contributed by atoms with E-state index in [2.05, 4.69) is 5.32 Å². The highest BCUT2D eigenvalue weighted by Gasteiger charge is 2.30. The van der Waals surface area contributed by atoms with Crippen molar-refractivity contribution in [3.05, 3.63) is 24.3 Å². The van der Waals surface area contributed by atoms with E-state index in [1.807, 2.05) is 0 Å². The van der Waals surface area contributed by atoms with Crippen molar-refractivity contribution in [3.8, 4) is 5.75 Å². The van der Waals surface area contributed by atoms with Gasteiger partial charge in [0, 0.05) is 18.8 Å². The molecule has 1 N–H and O–H groups in total. The molecular weight excluding hydrogens is 351 g/mol. The number of ether oxygens (including phenoxy) is 1. The summed E-state index contributed by atoms with van der Waals surface area (Å²) in [4.78, 5) is 25.1. The number of halogens is 3. The van der Waals surface area contributed by atoms with Crippen molar-refractivity contribution in [2.45, 2.75) is 16.6 Å². The monoisotopic (exact) mass is 364 g/mol. The van der Waals surface area contributed by atoms with Crippen molar-refractivity contribution in [2.75, 3.05) is 25.0 Å². The molecule has 1 aliphatic rings. The van der Waals surface area contributed by atoms with Crippen LogP contribution in [0.4, 0.5) is 5.69 Å². The standard InChI is InChI=1S/C14H15Cl3N2O3/c15-14(16,17)13(21)18-10-3-5-11(6-4-10)22-9-12(20)19-7-1-2-8-19/h3-6H,1-2,7-9H2,(H,18,21). The molecule has 0 spiro atoms. The Hall–Kier alpha value is -1.17. The molecule has 120 valence electrons. The summed E-state index contributed by atoms with van der Waals surface area (Å²) in [6, 6.07) is 6.46. The highest BCUT2D eigenvalue weighted by Crippen LogP contribution is 2.28. The van der Waals surface area contributed by atoms with Gasteiger partial charge < -0.3 is 15.0 Å². The Labute approximate surface area is 143 Å². The lowest BCUT2D eigenvalue weighted by atomic mass is 10.3. The van der Waals surface area contributed by atoms with Crippen LogP contribution in [-0.4, -0.2) is 40.2 Å². The number of alkyl halides is 3. The van der Waals surface area contributed by atoms with E-state index in [0.717, 1.165) is 25.9 Å². The summed E-state index contributed by atoms with van der Waals surface area (Å²) in [6.07, 6.45) is 2.09. The third-order valence-electron chi connectivity index (χ3n) is 3.19. The van der Waals surface area contributed by atoms with Gasteiger partial charge in [-0.3, -0.25) is 9.59 Å². The average molecular weight is 366 g/mol. The molecule has 1 aromatic carbocycles. The molecule has 22 heavy (non-hydrogen) atoms. The summed E-state index contributed by atoms with van der Waals surface area (Å²) in [5, 5.41) is 2.45. The quantitative estimate of drug-likeness (QED) is 0.835. The minimum atomic E-state index is -2.02. The molecule has 0 radical (unpaired) electrons. The van der Waals surface area contributed by atoms with Crippen LogP contribution in [0.2, 0.25) is 0 Å². The molecule has 2 amide bonds. The molecule has 0 atom stereocenters. The van der Waals surface area contributed by atoms with E-state index in [9.17, 15) is 9.59 Å². The van der Waals surface area contributed by atoms with Gasteiger partial charge in [-0.05, 0) is 37.1 Å². The second-order valence-electron chi connectivity index (χ2n) is 4.85. The first-order chi connectivity index (χ1) is 10.4. The van der Waals surface area contributed by atoms with Crippen LogP contribution in [0.25, 0.3) is 0 Å². The van der Waals surface area contributed by atoms with E-state index < -0.39 is 9.70 Å². The SMILES string of the molecule is O=C(COc1ccc(NC(=O)C(Cl)(Cl)Cl)cc1)N1CCCC1. The molecule has 1 heterocycles. The minimum Gasteiger partial charge on any atom is -0.484 e. The summed E-state index contributed by atoms with van der Waals surface area (Å²) >= 11 is 16.4. The number of carbonyl (C=O) groups is 2. The largest absolute Gasteiger partial charge is 0.484 e. The number of hydrogen-bond acceptors (Lipinski definition) is 3. The van der Waals surface area contributed by atoms with Crippen LogP contribution >= 0.6 is 34.8 Å². The van der Waals surface area contributed by atoms with E-state index in [1.54, 1.807) is 29.2 Å². The number of benzene rings is 1. The maximum Gasteiger partial charge on any atom is 0.276 e. The highest BCUT2D eigenvalue weighted by molar-refractivity contribution is 6.76. The smallest absolute Gasteiger partial charge is 0.276 e. The molecule has 0 bridgehead atoms. The zero-order valence-corrected chi connectivity index (χ0v) is 13.9. The van der Waals surface area contributed by atoms with Gasteiger partial charge in [-0.25, -0.2) is 0 Å². The fourth-order valence-corrected chi connectivity index (χ4v) is 2.18. The first kappa shape index (κ1) is 17.2. The lowest BCUT2D eigenvalue weighted by molar-refractivity contribution is -0.132. The second kappa shape index (κ2) is 7.40. The average Bonchev–Trinajstić information content (AvgIpc) is 2.99. The molecule has 8 heteroatoms. The van der Waals surface area contributed by atoms with Gasteiger partial charge in [0.15, 0.2) is 6.61 Å². The van der Waals surface area contributed by atoms with Crippen molar-refractivity contribution >= 4 is 52.3 Å². The fraction of sp³-hybridized carbons (Fsp3) is 0.429.